The summed E-state index contributed by atoms with van der Waals surface area (Å²) in [6.45, 7) is 3.59. The SMILES string of the molecule is C=CCCCCCCO[C@@H]1OC(CO)[C@@H](O)C(O)[C@@H]1N=[N+]=[N-]. The van der Waals surface area contributed by atoms with Gasteiger partial charge < -0.3 is 24.8 Å². The fourth-order valence-corrected chi connectivity index (χ4v) is 2.33. The van der Waals surface area contributed by atoms with E-state index in [4.69, 9.17) is 20.1 Å². The molecule has 0 radical (unpaired) electrons. The van der Waals surface area contributed by atoms with Gasteiger partial charge in [0, 0.05) is 11.5 Å². The predicted octanol–water partition coefficient (Wildman–Crippen LogP) is 1.26. The summed E-state index contributed by atoms with van der Waals surface area (Å²) in [5, 5.41) is 32.3. The minimum atomic E-state index is -1.33. The summed E-state index contributed by atoms with van der Waals surface area (Å²) >= 11 is 0. The van der Waals surface area contributed by atoms with Crippen LogP contribution in [0.1, 0.15) is 32.1 Å². The summed E-state index contributed by atoms with van der Waals surface area (Å²) in [4.78, 5) is 2.65. The Labute approximate surface area is 130 Å². The van der Waals surface area contributed by atoms with Crippen LogP contribution in [-0.2, 0) is 9.47 Å². The largest absolute Gasteiger partial charge is 0.394 e. The Morgan fingerprint density at radius 3 is 2.59 bits per heavy atom. The molecule has 126 valence electrons. The second-order valence-corrected chi connectivity index (χ2v) is 5.26. The molecule has 1 fully saturated rings. The van der Waals surface area contributed by atoms with Crippen LogP contribution in [0.2, 0.25) is 0 Å². The van der Waals surface area contributed by atoms with Crippen LogP contribution in [0.25, 0.3) is 10.4 Å². The van der Waals surface area contributed by atoms with Gasteiger partial charge in [0.05, 0.1) is 12.7 Å². The normalized spacial score (nSPS) is 31.5. The van der Waals surface area contributed by atoms with Crippen molar-refractivity contribution in [1.82, 2.24) is 0 Å². The molecule has 0 aromatic rings. The molecule has 1 aliphatic heterocycles. The molecule has 0 aromatic carbocycles. The molecule has 0 spiro atoms. The maximum Gasteiger partial charge on any atom is 0.169 e. The van der Waals surface area contributed by atoms with E-state index in [1.165, 1.54) is 0 Å². The molecule has 0 amide bonds. The highest BCUT2D eigenvalue weighted by Crippen LogP contribution is 2.24. The molecule has 5 atom stereocenters. The highest BCUT2D eigenvalue weighted by atomic mass is 16.7. The number of nitrogens with zero attached hydrogens (tertiary/aromatic N) is 3. The minimum Gasteiger partial charge on any atom is -0.394 e. The lowest BCUT2D eigenvalue weighted by Gasteiger charge is -2.40. The number of aliphatic hydroxyl groups is 3. The van der Waals surface area contributed by atoms with Gasteiger partial charge in [-0.2, -0.15) is 0 Å². The average molecular weight is 315 g/mol. The second kappa shape index (κ2) is 10.6. The third-order valence-electron chi connectivity index (χ3n) is 3.62. The molecule has 8 nitrogen and oxygen atoms in total. The first kappa shape index (κ1) is 18.9. The first-order chi connectivity index (χ1) is 10.7. The van der Waals surface area contributed by atoms with Crippen molar-refractivity contribution in [2.24, 2.45) is 5.11 Å². The van der Waals surface area contributed by atoms with Gasteiger partial charge in [-0.05, 0) is 24.8 Å². The lowest BCUT2D eigenvalue weighted by atomic mass is 9.98. The van der Waals surface area contributed by atoms with Crippen LogP contribution in [0, 0.1) is 0 Å². The summed E-state index contributed by atoms with van der Waals surface area (Å²) < 4.78 is 10.9. The van der Waals surface area contributed by atoms with Gasteiger partial charge in [0.2, 0.25) is 0 Å². The summed E-state index contributed by atoms with van der Waals surface area (Å²) in [6, 6.07) is -1.04. The van der Waals surface area contributed by atoms with Gasteiger partial charge in [0.15, 0.2) is 6.29 Å². The Kier molecular flexibility index (Phi) is 9.07. The Morgan fingerprint density at radius 2 is 1.95 bits per heavy atom. The Morgan fingerprint density at radius 1 is 1.23 bits per heavy atom. The number of unbranched alkanes of at least 4 members (excludes halogenated alkanes) is 4. The maximum absolute atomic E-state index is 9.94. The standard InChI is InChI=1S/C14H25N3O5/c1-2-3-4-5-6-7-8-21-14-11(16-17-15)13(20)12(19)10(9-18)22-14/h2,10-14,18-20H,1,3-9H2/t10?,11-,12+,13?,14+/m0/s1. The van der Waals surface area contributed by atoms with E-state index >= 15 is 0 Å². The quantitative estimate of drug-likeness (QED) is 0.184. The van der Waals surface area contributed by atoms with Gasteiger partial charge in [0.25, 0.3) is 0 Å². The number of allylic oxidation sites excluding steroid dienone is 1. The van der Waals surface area contributed by atoms with E-state index in [1.807, 2.05) is 6.08 Å². The fourth-order valence-electron chi connectivity index (χ4n) is 2.33. The summed E-state index contributed by atoms with van der Waals surface area (Å²) in [5.74, 6) is 0. The first-order valence-corrected chi connectivity index (χ1v) is 7.54. The molecule has 1 aliphatic rings. The van der Waals surface area contributed by atoms with Crippen LogP contribution in [-0.4, -0.2) is 59.2 Å². The molecule has 3 N–H and O–H groups in total. The third kappa shape index (κ3) is 5.57. The zero-order valence-electron chi connectivity index (χ0n) is 12.6. The van der Waals surface area contributed by atoms with Crippen LogP contribution in [0.3, 0.4) is 0 Å². The van der Waals surface area contributed by atoms with Crippen molar-refractivity contribution < 1.29 is 24.8 Å². The number of ether oxygens (including phenoxy) is 2. The minimum absolute atomic E-state index is 0.386. The van der Waals surface area contributed by atoms with Crippen molar-refractivity contribution in [2.75, 3.05) is 13.2 Å². The van der Waals surface area contributed by atoms with E-state index in [-0.39, 0.29) is 0 Å². The van der Waals surface area contributed by atoms with Crippen LogP contribution >= 0.6 is 0 Å². The molecule has 0 saturated carbocycles. The molecule has 0 aliphatic carbocycles. The fraction of sp³-hybridized carbons (Fsp3) is 0.857. The van der Waals surface area contributed by atoms with E-state index in [2.05, 4.69) is 16.6 Å². The molecule has 1 rings (SSSR count). The predicted molar refractivity (Wildman–Crippen MR) is 79.9 cm³/mol. The van der Waals surface area contributed by atoms with Crippen molar-refractivity contribution >= 4 is 0 Å². The summed E-state index contributed by atoms with van der Waals surface area (Å²) in [6.07, 6.45) is 2.25. The van der Waals surface area contributed by atoms with E-state index < -0.39 is 37.3 Å². The molecule has 1 heterocycles. The Hall–Kier alpha value is -1.15. The topological polar surface area (TPSA) is 128 Å². The zero-order valence-corrected chi connectivity index (χ0v) is 12.6. The molecular weight excluding hydrogens is 290 g/mol. The van der Waals surface area contributed by atoms with Crippen LogP contribution < -0.4 is 0 Å². The van der Waals surface area contributed by atoms with Gasteiger partial charge in [0.1, 0.15) is 18.2 Å². The van der Waals surface area contributed by atoms with Crippen LogP contribution in [0.5, 0.6) is 0 Å². The zero-order chi connectivity index (χ0) is 16.4. The molecular formula is C14H25N3O5. The van der Waals surface area contributed by atoms with Gasteiger partial charge in [-0.3, -0.25) is 0 Å². The van der Waals surface area contributed by atoms with E-state index in [0.717, 1.165) is 32.1 Å². The molecule has 8 heteroatoms. The number of rotatable bonds is 10. The molecule has 22 heavy (non-hydrogen) atoms. The molecule has 2 unspecified atom stereocenters. The third-order valence-corrected chi connectivity index (χ3v) is 3.62. The van der Waals surface area contributed by atoms with Crippen molar-refractivity contribution in [2.45, 2.75) is 62.7 Å². The van der Waals surface area contributed by atoms with Crippen molar-refractivity contribution in [3.8, 4) is 0 Å². The first-order valence-electron chi connectivity index (χ1n) is 7.54. The lowest BCUT2D eigenvalue weighted by Crippen LogP contribution is -2.58. The average Bonchev–Trinajstić information content (AvgIpc) is 2.52. The van der Waals surface area contributed by atoms with Gasteiger partial charge in [-0.15, -0.1) is 6.58 Å². The van der Waals surface area contributed by atoms with Gasteiger partial charge in [-0.1, -0.05) is 24.0 Å². The monoisotopic (exact) mass is 315 g/mol. The van der Waals surface area contributed by atoms with Gasteiger partial charge >= 0.3 is 0 Å². The highest BCUT2D eigenvalue weighted by Gasteiger charge is 2.44. The number of hydrogen-bond acceptors (Lipinski definition) is 6. The van der Waals surface area contributed by atoms with E-state index in [1.54, 1.807) is 0 Å². The number of azide groups is 1. The van der Waals surface area contributed by atoms with Crippen LogP contribution in [0.15, 0.2) is 17.8 Å². The Balaban J connectivity index is 2.43. The maximum atomic E-state index is 9.94. The number of aliphatic hydroxyl groups excluding tert-OH is 3. The van der Waals surface area contributed by atoms with E-state index in [9.17, 15) is 10.2 Å². The second-order valence-electron chi connectivity index (χ2n) is 5.26. The van der Waals surface area contributed by atoms with Gasteiger partial charge in [-0.25, -0.2) is 0 Å². The summed E-state index contributed by atoms with van der Waals surface area (Å²) in [7, 11) is 0. The van der Waals surface area contributed by atoms with Crippen molar-refractivity contribution in [1.29, 1.82) is 0 Å². The lowest BCUT2D eigenvalue weighted by molar-refractivity contribution is -0.265. The van der Waals surface area contributed by atoms with Crippen LogP contribution in [0.4, 0.5) is 0 Å². The molecule has 0 bridgehead atoms. The van der Waals surface area contributed by atoms with E-state index in [0.29, 0.717) is 6.61 Å². The number of hydrogen-bond donors (Lipinski definition) is 3. The van der Waals surface area contributed by atoms with Crippen molar-refractivity contribution in [3.05, 3.63) is 23.1 Å². The molecule has 1 saturated heterocycles. The smallest absolute Gasteiger partial charge is 0.169 e. The Bertz CT molecular complexity index is 375. The summed E-state index contributed by atoms with van der Waals surface area (Å²) in [5.41, 5.74) is 8.55. The highest BCUT2D eigenvalue weighted by molar-refractivity contribution is 4.93. The van der Waals surface area contributed by atoms with Crippen molar-refractivity contribution in [3.63, 3.8) is 0 Å². The molecule has 0 aromatic heterocycles.